The summed E-state index contributed by atoms with van der Waals surface area (Å²) in [5.41, 5.74) is 0.372. The molecular weight excluding hydrogens is 453 g/mol. The van der Waals surface area contributed by atoms with Gasteiger partial charge in [-0.2, -0.15) is 13.2 Å². The largest absolute Gasteiger partial charge is 0.416 e. The lowest BCUT2D eigenvalue weighted by atomic mass is 9.85. The van der Waals surface area contributed by atoms with E-state index in [1.54, 1.807) is 0 Å². The minimum absolute atomic E-state index is 0.0111. The number of hydrogen-bond acceptors (Lipinski definition) is 2. The number of fused-ring (bicyclic) bond motifs is 1. The third kappa shape index (κ3) is 4.60. The highest BCUT2D eigenvalue weighted by molar-refractivity contribution is 6.33. The Hall–Kier alpha value is -2.54. The fourth-order valence-corrected chi connectivity index (χ4v) is 5.07. The molecule has 1 aliphatic heterocycles. The molecule has 1 heterocycles. The fourth-order valence-electron chi connectivity index (χ4n) is 4.87. The number of amides is 2. The second kappa shape index (κ2) is 8.67. The van der Waals surface area contributed by atoms with Gasteiger partial charge in [0.1, 0.15) is 0 Å². The first kappa shape index (κ1) is 23.6. The summed E-state index contributed by atoms with van der Waals surface area (Å²) >= 11 is 5.99. The van der Waals surface area contributed by atoms with Crippen molar-refractivity contribution in [1.29, 1.82) is 0 Å². The third-order valence-electron chi connectivity index (χ3n) is 6.81. The summed E-state index contributed by atoms with van der Waals surface area (Å²) in [6.45, 7) is 4.51. The minimum atomic E-state index is -4.54. The van der Waals surface area contributed by atoms with Gasteiger partial charge in [-0.05, 0) is 75.3 Å². The summed E-state index contributed by atoms with van der Waals surface area (Å²) < 4.78 is 39.0. The lowest BCUT2D eigenvalue weighted by molar-refractivity contribution is -0.137. The maximum absolute atomic E-state index is 13.0. The number of carbonyl (C=O) groups excluding carboxylic acids is 2. The first-order valence-corrected chi connectivity index (χ1v) is 11.5. The van der Waals surface area contributed by atoms with Crippen LogP contribution in [0.3, 0.4) is 0 Å². The number of hydrogen-bond donors (Lipinski definition) is 1. The molecular formula is C25H26ClF3N2O2. The van der Waals surface area contributed by atoms with E-state index in [1.807, 2.05) is 43.0 Å². The van der Waals surface area contributed by atoms with Crippen LogP contribution in [0.4, 0.5) is 18.9 Å². The van der Waals surface area contributed by atoms with Crippen molar-refractivity contribution >= 4 is 29.1 Å². The fraction of sp³-hybridized carbons (Fsp3) is 0.440. The van der Waals surface area contributed by atoms with Gasteiger partial charge < -0.3 is 10.2 Å². The maximum Gasteiger partial charge on any atom is 0.416 e. The summed E-state index contributed by atoms with van der Waals surface area (Å²) in [5, 5.41) is 2.82. The molecule has 2 aromatic carbocycles. The number of carbonyl (C=O) groups is 2. The van der Waals surface area contributed by atoms with E-state index in [-0.39, 0.29) is 22.5 Å². The monoisotopic (exact) mass is 478 g/mol. The SMILES string of the molecule is CC1(C)C(=O)N(CC2CCC(NC(=O)c3cc(C(F)(F)F)ccc3Cl)CC2)c2ccccc21. The predicted octanol–water partition coefficient (Wildman–Crippen LogP) is 5.97. The Morgan fingerprint density at radius 1 is 1.12 bits per heavy atom. The number of halogens is 4. The maximum atomic E-state index is 13.0. The quantitative estimate of drug-likeness (QED) is 0.588. The van der Waals surface area contributed by atoms with Crippen LogP contribution in [0.2, 0.25) is 5.02 Å². The lowest BCUT2D eigenvalue weighted by Gasteiger charge is -2.32. The Morgan fingerprint density at radius 3 is 2.45 bits per heavy atom. The number of alkyl halides is 3. The molecule has 1 fully saturated rings. The summed E-state index contributed by atoms with van der Waals surface area (Å²) in [7, 11) is 0. The van der Waals surface area contributed by atoms with Gasteiger partial charge in [0.15, 0.2) is 0 Å². The second-order valence-electron chi connectivity index (χ2n) is 9.44. The average Bonchev–Trinajstić information content (AvgIpc) is 2.95. The Balaban J connectivity index is 1.37. The van der Waals surface area contributed by atoms with E-state index in [1.165, 1.54) is 0 Å². The molecule has 4 rings (SSSR count). The van der Waals surface area contributed by atoms with Gasteiger partial charge in [-0.3, -0.25) is 9.59 Å². The lowest BCUT2D eigenvalue weighted by Crippen LogP contribution is -2.42. The van der Waals surface area contributed by atoms with Crippen LogP contribution >= 0.6 is 11.6 Å². The van der Waals surface area contributed by atoms with Gasteiger partial charge in [-0.25, -0.2) is 0 Å². The van der Waals surface area contributed by atoms with Gasteiger partial charge in [0.05, 0.1) is 21.6 Å². The molecule has 1 aliphatic carbocycles. The Morgan fingerprint density at radius 2 is 1.79 bits per heavy atom. The van der Waals surface area contributed by atoms with Crippen LogP contribution in [-0.4, -0.2) is 24.4 Å². The average molecular weight is 479 g/mol. The van der Waals surface area contributed by atoms with Crippen LogP contribution < -0.4 is 10.2 Å². The van der Waals surface area contributed by atoms with E-state index in [9.17, 15) is 22.8 Å². The molecule has 2 amide bonds. The van der Waals surface area contributed by atoms with Crippen LogP contribution in [0, 0.1) is 5.92 Å². The molecule has 0 radical (unpaired) electrons. The van der Waals surface area contributed by atoms with Crippen LogP contribution in [0.1, 0.15) is 61.0 Å². The molecule has 0 aromatic heterocycles. The molecule has 0 unspecified atom stereocenters. The number of anilines is 1. The van der Waals surface area contributed by atoms with Crippen LogP contribution in [-0.2, 0) is 16.4 Å². The Kier molecular flexibility index (Phi) is 6.20. The predicted molar refractivity (Wildman–Crippen MR) is 121 cm³/mol. The van der Waals surface area contributed by atoms with Crippen molar-refractivity contribution < 1.29 is 22.8 Å². The standard InChI is InChI=1S/C25H26ClF3N2O2/c1-24(2)19-5-3-4-6-21(19)31(23(24)33)14-15-7-10-17(11-8-15)30-22(32)18-13-16(25(27,28)29)9-12-20(18)26/h3-6,9,12-13,15,17H,7-8,10-11,14H2,1-2H3,(H,30,32). The van der Waals surface area contributed by atoms with Crippen molar-refractivity contribution in [1.82, 2.24) is 5.32 Å². The number of nitrogens with zero attached hydrogens (tertiary/aromatic N) is 1. The van der Waals surface area contributed by atoms with Crippen molar-refractivity contribution in [2.24, 2.45) is 5.92 Å². The Bertz CT molecular complexity index is 1080. The smallest absolute Gasteiger partial charge is 0.349 e. The minimum Gasteiger partial charge on any atom is -0.349 e. The van der Waals surface area contributed by atoms with Crippen LogP contribution in [0.5, 0.6) is 0 Å². The zero-order valence-corrected chi connectivity index (χ0v) is 19.3. The number of para-hydroxylation sites is 1. The zero-order valence-electron chi connectivity index (χ0n) is 18.5. The highest BCUT2D eigenvalue weighted by Crippen LogP contribution is 2.42. The zero-order chi connectivity index (χ0) is 24.0. The molecule has 0 atom stereocenters. The molecule has 4 nitrogen and oxygen atoms in total. The molecule has 1 saturated carbocycles. The normalized spacial score (nSPS) is 22.2. The molecule has 8 heteroatoms. The van der Waals surface area contributed by atoms with E-state index >= 15 is 0 Å². The van der Waals surface area contributed by atoms with E-state index in [0.29, 0.717) is 25.3 Å². The first-order chi connectivity index (χ1) is 15.5. The topological polar surface area (TPSA) is 49.4 Å². The molecule has 1 N–H and O–H groups in total. The van der Waals surface area contributed by atoms with Crippen molar-refractivity contribution in [3.8, 4) is 0 Å². The van der Waals surface area contributed by atoms with E-state index in [2.05, 4.69) is 5.32 Å². The van der Waals surface area contributed by atoms with Gasteiger partial charge in [0.2, 0.25) is 5.91 Å². The molecule has 0 spiro atoms. The highest BCUT2D eigenvalue weighted by Gasteiger charge is 2.44. The second-order valence-corrected chi connectivity index (χ2v) is 9.85. The molecule has 33 heavy (non-hydrogen) atoms. The molecule has 2 aliphatic rings. The Labute approximate surface area is 196 Å². The molecule has 0 saturated heterocycles. The van der Waals surface area contributed by atoms with Crippen molar-refractivity contribution in [3.05, 3.63) is 64.2 Å². The summed E-state index contributed by atoms with van der Waals surface area (Å²) in [5.74, 6) is -0.209. The van der Waals surface area contributed by atoms with E-state index in [4.69, 9.17) is 11.6 Å². The molecule has 176 valence electrons. The number of rotatable bonds is 4. The van der Waals surface area contributed by atoms with Crippen molar-refractivity contribution in [3.63, 3.8) is 0 Å². The van der Waals surface area contributed by atoms with E-state index < -0.39 is 23.1 Å². The van der Waals surface area contributed by atoms with Crippen molar-refractivity contribution in [2.75, 3.05) is 11.4 Å². The number of nitrogens with one attached hydrogen (secondary N) is 1. The van der Waals surface area contributed by atoms with Gasteiger partial charge in [0, 0.05) is 18.3 Å². The first-order valence-electron chi connectivity index (χ1n) is 11.1. The molecule has 2 aromatic rings. The summed E-state index contributed by atoms with van der Waals surface area (Å²) in [6.07, 6.45) is -1.53. The third-order valence-corrected chi connectivity index (χ3v) is 7.14. The highest BCUT2D eigenvalue weighted by atomic mass is 35.5. The van der Waals surface area contributed by atoms with Gasteiger partial charge >= 0.3 is 6.18 Å². The van der Waals surface area contributed by atoms with Gasteiger partial charge in [-0.1, -0.05) is 29.8 Å². The van der Waals surface area contributed by atoms with Crippen LogP contribution in [0.25, 0.3) is 0 Å². The van der Waals surface area contributed by atoms with Gasteiger partial charge in [-0.15, -0.1) is 0 Å². The summed E-state index contributed by atoms with van der Waals surface area (Å²) in [6, 6.07) is 10.5. The van der Waals surface area contributed by atoms with Crippen LogP contribution in [0.15, 0.2) is 42.5 Å². The van der Waals surface area contributed by atoms with Gasteiger partial charge in [0.25, 0.3) is 5.91 Å². The number of benzene rings is 2. The summed E-state index contributed by atoms with van der Waals surface area (Å²) in [4.78, 5) is 27.5. The van der Waals surface area contributed by atoms with E-state index in [0.717, 1.165) is 42.3 Å². The van der Waals surface area contributed by atoms with Crippen molar-refractivity contribution in [2.45, 2.75) is 57.2 Å². The molecule has 0 bridgehead atoms.